The summed E-state index contributed by atoms with van der Waals surface area (Å²) < 4.78 is 7.02. The molecule has 0 bridgehead atoms. The Bertz CT molecular complexity index is 662. The van der Waals surface area contributed by atoms with Crippen molar-refractivity contribution in [1.82, 2.24) is 0 Å². The van der Waals surface area contributed by atoms with Crippen LogP contribution in [0.2, 0.25) is 16.6 Å². The van der Waals surface area contributed by atoms with Gasteiger partial charge in [0.15, 0.2) is 0 Å². The van der Waals surface area contributed by atoms with Crippen molar-refractivity contribution < 1.29 is 4.43 Å². The fourth-order valence-corrected chi connectivity index (χ4v) is 9.43. The van der Waals surface area contributed by atoms with E-state index >= 15 is 0 Å². The molecule has 0 fully saturated rings. The Balaban J connectivity index is 3.31. The van der Waals surface area contributed by atoms with E-state index < -0.39 is 8.32 Å². The second kappa shape index (κ2) is 11.2. The van der Waals surface area contributed by atoms with Crippen LogP contribution in [0.4, 0.5) is 0 Å². The van der Waals surface area contributed by atoms with Crippen molar-refractivity contribution in [1.29, 1.82) is 0 Å². The SMILES string of the molecule is CC#CCC/C=C(O[Si](C(C)C)(C(C)C)C(C)C)/C(C)=C/c1ccccc1. The summed E-state index contributed by atoms with van der Waals surface area (Å²) in [7, 11) is -1.98. The van der Waals surface area contributed by atoms with Crippen LogP contribution in [-0.2, 0) is 4.43 Å². The third-order valence-corrected chi connectivity index (χ3v) is 11.3. The van der Waals surface area contributed by atoms with E-state index in [0.29, 0.717) is 16.6 Å². The van der Waals surface area contributed by atoms with Crippen LogP contribution in [0.1, 0.15) is 73.8 Å². The number of allylic oxidation sites excluding steroid dienone is 2. The van der Waals surface area contributed by atoms with E-state index in [4.69, 9.17) is 4.43 Å². The minimum absolute atomic E-state index is 0.556. The summed E-state index contributed by atoms with van der Waals surface area (Å²) in [5, 5.41) is 0. The van der Waals surface area contributed by atoms with Gasteiger partial charge in [0, 0.05) is 6.42 Å². The molecule has 27 heavy (non-hydrogen) atoms. The van der Waals surface area contributed by atoms with Gasteiger partial charge in [-0.25, -0.2) is 0 Å². The minimum Gasteiger partial charge on any atom is -0.543 e. The van der Waals surface area contributed by atoms with Gasteiger partial charge in [0.1, 0.15) is 5.76 Å². The molecule has 2 heteroatoms. The van der Waals surface area contributed by atoms with Gasteiger partial charge >= 0.3 is 0 Å². The fourth-order valence-electron chi connectivity index (χ4n) is 4.10. The Labute approximate surface area is 169 Å². The average Bonchev–Trinajstić information content (AvgIpc) is 2.61. The average molecular weight is 383 g/mol. The predicted octanol–water partition coefficient (Wildman–Crippen LogP) is 7.97. The summed E-state index contributed by atoms with van der Waals surface area (Å²) in [6, 6.07) is 10.5. The van der Waals surface area contributed by atoms with Gasteiger partial charge in [-0.05, 0) is 60.2 Å². The zero-order chi connectivity index (χ0) is 20.4. The first-order valence-electron chi connectivity index (χ1n) is 10.3. The van der Waals surface area contributed by atoms with E-state index in [1.807, 2.05) is 6.92 Å². The number of unbranched alkanes of at least 4 members (excludes halogenated alkanes) is 1. The smallest absolute Gasteiger partial charge is 0.258 e. The summed E-state index contributed by atoms with van der Waals surface area (Å²) in [6.07, 6.45) is 6.29. The molecule has 0 spiro atoms. The van der Waals surface area contributed by atoms with Crippen molar-refractivity contribution in [2.24, 2.45) is 0 Å². The van der Waals surface area contributed by atoms with Crippen LogP contribution in [0, 0.1) is 11.8 Å². The Morgan fingerprint density at radius 3 is 2.04 bits per heavy atom. The second-order valence-corrected chi connectivity index (χ2v) is 13.6. The van der Waals surface area contributed by atoms with Gasteiger partial charge in [-0.3, -0.25) is 0 Å². The number of hydrogen-bond donors (Lipinski definition) is 0. The highest BCUT2D eigenvalue weighted by Crippen LogP contribution is 2.44. The van der Waals surface area contributed by atoms with E-state index in [0.717, 1.165) is 18.6 Å². The normalized spacial score (nSPS) is 13.1. The second-order valence-electron chi connectivity index (χ2n) is 8.19. The highest BCUT2D eigenvalue weighted by atomic mass is 28.4. The highest BCUT2D eigenvalue weighted by Gasteiger charge is 2.47. The molecule has 0 aliphatic rings. The lowest BCUT2D eigenvalue weighted by Crippen LogP contribution is -2.47. The summed E-state index contributed by atoms with van der Waals surface area (Å²) >= 11 is 0. The molecular formula is C25H38OSi. The Kier molecular flexibility index (Phi) is 9.67. The van der Waals surface area contributed by atoms with Crippen molar-refractivity contribution in [2.45, 2.75) is 84.9 Å². The lowest BCUT2D eigenvalue weighted by molar-refractivity contribution is 0.379. The van der Waals surface area contributed by atoms with Crippen LogP contribution >= 0.6 is 0 Å². The monoisotopic (exact) mass is 382 g/mol. The maximum absolute atomic E-state index is 7.02. The van der Waals surface area contributed by atoms with Gasteiger partial charge in [0.05, 0.1) is 0 Å². The predicted molar refractivity (Wildman–Crippen MR) is 123 cm³/mol. The van der Waals surface area contributed by atoms with Crippen LogP contribution in [0.25, 0.3) is 6.08 Å². The molecule has 0 aliphatic heterocycles. The van der Waals surface area contributed by atoms with Crippen molar-refractivity contribution in [3.63, 3.8) is 0 Å². The first kappa shape index (κ1) is 23.3. The zero-order valence-corrected chi connectivity index (χ0v) is 19.6. The molecule has 1 rings (SSSR count). The Morgan fingerprint density at radius 1 is 1.00 bits per heavy atom. The molecule has 1 aromatic carbocycles. The Morgan fingerprint density at radius 2 is 1.56 bits per heavy atom. The Hall–Kier alpha value is -1.72. The van der Waals surface area contributed by atoms with Crippen molar-refractivity contribution in [3.8, 4) is 11.8 Å². The first-order chi connectivity index (χ1) is 12.8. The highest BCUT2D eigenvalue weighted by molar-refractivity contribution is 6.77. The largest absolute Gasteiger partial charge is 0.543 e. The molecule has 148 valence electrons. The van der Waals surface area contributed by atoms with Gasteiger partial charge in [-0.1, -0.05) is 71.9 Å². The van der Waals surface area contributed by atoms with Crippen molar-refractivity contribution in [2.75, 3.05) is 0 Å². The third-order valence-electron chi connectivity index (χ3n) is 5.34. The third kappa shape index (κ3) is 6.43. The van der Waals surface area contributed by atoms with Crippen LogP contribution in [0.15, 0.2) is 47.7 Å². The van der Waals surface area contributed by atoms with Gasteiger partial charge in [-0.15, -0.1) is 11.8 Å². The summed E-state index contributed by atoms with van der Waals surface area (Å²) in [6.45, 7) is 18.1. The van der Waals surface area contributed by atoms with Crippen LogP contribution < -0.4 is 0 Å². The number of rotatable bonds is 9. The van der Waals surface area contributed by atoms with Gasteiger partial charge in [0.25, 0.3) is 8.32 Å². The molecule has 0 radical (unpaired) electrons. The fraction of sp³-hybridized carbons (Fsp3) is 0.520. The molecule has 0 amide bonds. The quantitative estimate of drug-likeness (QED) is 0.138. The van der Waals surface area contributed by atoms with Crippen LogP contribution in [0.5, 0.6) is 0 Å². The maximum Gasteiger partial charge on any atom is 0.258 e. The van der Waals surface area contributed by atoms with Gasteiger partial charge in [0.2, 0.25) is 0 Å². The lowest BCUT2D eigenvalue weighted by Gasteiger charge is -2.43. The van der Waals surface area contributed by atoms with Gasteiger partial charge in [-0.2, -0.15) is 0 Å². The van der Waals surface area contributed by atoms with E-state index in [-0.39, 0.29) is 0 Å². The molecule has 1 aromatic rings. The molecular weight excluding hydrogens is 344 g/mol. The molecule has 0 heterocycles. The van der Waals surface area contributed by atoms with E-state index in [1.165, 1.54) is 11.1 Å². The lowest BCUT2D eigenvalue weighted by atomic mass is 10.1. The van der Waals surface area contributed by atoms with Crippen molar-refractivity contribution >= 4 is 14.4 Å². The number of benzene rings is 1. The summed E-state index contributed by atoms with van der Waals surface area (Å²) in [5.41, 5.74) is 4.08. The molecule has 0 saturated carbocycles. The first-order valence-corrected chi connectivity index (χ1v) is 12.4. The van der Waals surface area contributed by atoms with E-state index in [2.05, 4.69) is 103 Å². The van der Waals surface area contributed by atoms with Crippen LogP contribution in [0.3, 0.4) is 0 Å². The van der Waals surface area contributed by atoms with E-state index in [9.17, 15) is 0 Å². The van der Waals surface area contributed by atoms with E-state index in [1.54, 1.807) is 0 Å². The molecule has 0 N–H and O–H groups in total. The number of hydrogen-bond acceptors (Lipinski definition) is 1. The molecule has 1 nitrogen and oxygen atoms in total. The topological polar surface area (TPSA) is 9.23 Å². The maximum atomic E-state index is 7.02. The molecule has 0 aliphatic carbocycles. The zero-order valence-electron chi connectivity index (χ0n) is 18.6. The summed E-state index contributed by atoms with van der Waals surface area (Å²) in [4.78, 5) is 0. The molecule has 0 unspecified atom stereocenters. The molecule has 0 aromatic heterocycles. The van der Waals surface area contributed by atoms with Crippen LogP contribution in [-0.4, -0.2) is 8.32 Å². The summed E-state index contributed by atoms with van der Waals surface area (Å²) in [5.74, 6) is 7.21. The standard InChI is InChI=1S/C25H38OSi/c1-9-10-11-15-18-25(23(8)19-24-16-13-12-14-17-24)26-27(20(2)3,21(4)5)22(6)7/h12-14,16-22H,11,15H2,1-8H3/b23-19+,25-18-. The molecule has 0 atom stereocenters. The minimum atomic E-state index is -1.98. The van der Waals surface area contributed by atoms with Crippen molar-refractivity contribution in [3.05, 3.63) is 53.3 Å². The van der Waals surface area contributed by atoms with Gasteiger partial charge < -0.3 is 4.43 Å². The molecule has 0 saturated heterocycles.